The fourth-order valence-corrected chi connectivity index (χ4v) is 2.51. The second kappa shape index (κ2) is 9.76. The number of hydrogen-bond donors (Lipinski definition) is 2. The smallest absolute Gasteiger partial charge is 0.234 e. The van der Waals surface area contributed by atoms with Gasteiger partial charge >= 0.3 is 0 Å². The summed E-state index contributed by atoms with van der Waals surface area (Å²) in [5.74, 6) is 0.694. The zero-order valence-electron chi connectivity index (χ0n) is 12.0. The van der Waals surface area contributed by atoms with Crippen LogP contribution in [0.15, 0.2) is 0 Å². The molecule has 1 amide bonds. The highest BCUT2D eigenvalue weighted by Gasteiger charge is 2.18. The number of nitrogens with one attached hydrogen (secondary N) is 2. The van der Waals surface area contributed by atoms with Crippen LogP contribution < -0.4 is 10.6 Å². The van der Waals surface area contributed by atoms with Gasteiger partial charge in [-0.2, -0.15) is 5.26 Å². The maximum atomic E-state index is 11.8. The van der Waals surface area contributed by atoms with Crippen molar-refractivity contribution in [3.8, 4) is 6.07 Å². The van der Waals surface area contributed by atoms with Crippen LogP contribution in [-0.2, 0) is 4.79 Å². The minimum atomic E-state index is 0.0347. The first-order chi connectivity index (χ1) is 9.26. The zero-order chi connectivity index (χ0) is 13.9. The minimum absolute atomic E-state index is 0.0347. The summed E-state index contributed by atoms with van der Waals surface area (Å²) in [6, 6.07) is 2.03. The summed E-state index contributed by atoms with van der Waals surface area (Å²) in [6.07, 6.45) is 3.93. The average molecular weight is 266 g/mol. The van der Waals surface area contributed by atoms with E-state index in [1.807, 2.05) is 6.07 Å². The van der Waals surface area contributed by atoms with Crippen LogP contribution in [0.5, 0.6) is 0 Å². The number of nitrogens with zero attached hydrogens (tertiary/aromatic N) is 2. The Morgan fingerprint density at radius 3 is 3.05 bits per heavy atom. The molecule has 0 aromatic heterocycles. The largest absolute Gasteiger partial charge is 0.354 e. The molecule has 0 aliphatic carbocycles. The lowest BCUT2D eigenvalue weighted by molar-refractivity contribution is -0.122. The molecule has 1 atom stereocenters. The number of nitriles is 1. The van der Waals surface area contributed by atoms with E-state index >= 15 is 0 Å². The Morgan fingerprint density at radius 2 is 2.42 bits per heavy atom. The third-order valence-electron chi connectivity index (χ3n) is 3.38. The van der Waals surface area contributed by atoms with Gasteiger partial charge in [0.1, 0.15) is 0 Å². The molecule has 1 fully saturated rings. The van der Waals surface area contributed by atoms with E-state index in [0.717, 1.165) is 32.6 Å². The van der Waals surface area contributed by atoms with Gasteiger partial charge in [0.15, 0.2) is 0 Å². The number of rotatable bonds is 8. The number of carbonyl (C=O) groups excluding carboxylic acids is 1. The molecule has 1 unspecified atom stereocenters. The highest BCUT2D eigenvalue weighted by atomic mass is 16.2. The normalized spacial score (nSPS) is 19.1. The van der Waals surface area contributed by atoms with Crippen molar-refractivity contribution >= 4 is 5.91 Å². The Kier molecular flexibility index (Phi) is 8.19. The lowest BCUT2D eigenvalue weighted by Crippen LogP contribution is -2.43. The molecular formula is C14H26N4O. The van der Waals surface area contributed by atoms with E-state index in [-0.39, 0.29) is 5.91 Å². The van der Waals surface area contributed by atoms with Gasteiger partial charge in [-0.15, -0.1) is 0 Å². The lowest BCUT2D eigenvalue weighted by Gasteiger charge is -2.29. The van der Waals surface area contributed by atoms with Crippen molar-refractivity contribution in [2.75, 3.05) is 39.3 Å². The van der Waals surface area contributed by atoms with Gasteiger partial charge in [0.25, 0.3) is 0 Å². The van der Waals surface area contributed by atoms with Crippen molar-refractivity contribution in [2.45, 2.75) is 32.6 Å². The first-order valence-corrected chi connectivity index (χ1v) is 7.33. The molecule has 0 saturated carbocycles. The molecule has 0 spiro atoms. The van der Waals surface area contributed by atoms with E-state index < -0.39 is 0 Å². The number of hydrogen-bond acceptors (Lipinski definition) is 4. The van der Waals surface area contributed by atoms with E-state index in [0.29, 0.717) is 25.4 Å². The molecule has 19 heavy (non-hydrogen) atoms. The van der Waals surface area contributed by atoms with E-state index in [9.17, 15) is 4.79 Å². The Balaban J connectivity index is 2.30. The summed E-state index contributed by atoms with van der Waals surface area (Å²) in [7, 11) is 0. The molecule has 1 aliphatic heterocycles. The monoisotopic (exact) mass is 266 g/mol. The van der Waals surface area contributed by atoms with Crippen molar-refractivity contribution in [1.82, 2.24) is 15.5 Å². The molecule has 2 N–H and O–H groups in total. The first-order valence-electron chi connectivity index (χ1n) is 7.33. The van der Waals surface area contributed by atoms with Gasteiger partial charge in [0.05, 0.1) is 19.0 Å². The standard InChI is InChI=1S/C14H26N4O/c1-2-9-18(11-13-5-3-7-16-10-13)12-14(19)17-8-4-6-15/h13,16H,2-5,7-12H2,1H3,(H,17,19). The minimum Gasteiger partial charge on any atom is -0.354 e. The second-order valence-electron chi connectivity index (χ2n) is 5.21. The summed E-state index contributed by atoms with van der Waals surface area (Å²) in [5.41, 5.74) is 0. The van der Waals surface area contributed by atoms with Gasteiger partial charge in [-0.1, -0.05) is 6.92 Å². The van der Waals surface area contributed by atoms with Crippen LogP contribution in [0.2, 0.25) is 0 Å². The predicted molar refractivity (Wildman–Crippen MR) is 75.6 cm³/mol. The van der Waals surface area contributed by atoms with Crippen molar-refractivity contribution in [1.29, 1.82) is 5.26 Å². The Labute approximate surface area is 116 Å². The SMILES string of the molecule is CCCN(CC(=O)NCCC#N)CC1CCCNC1. The van der Waals surface area contributed by atoms with E-state index in [1.54, 1.807) is 0 Å². The maximum absolute atomic E-state index is 11.8. The molecule has 108 valence electrons. The van der Waals surface area contributed by atoms with Crippen LogP contribution >= 0.6 is 0 Å². The second-order valence-corrected chi connectivity index (χ2v) is 5.21. The maximum Gasteiger partial charge on any atom is 0.234 e. The Hall–Kier alpha value is -1.12. The predicted octanol–water partition coefficient (Wildman–Crippen LogP) is 0.728. The molecule has 0 aromatic rings. The molecule has 0 bridgehead atoms. The summed E-state index contributed by atoms with van der Waals surface area (Å²) < 4.78 is 0. The number of amides is 1. The molecule has 1 rings (SSSR count). The van der Waals surface area contributed by atoms with Crippen molar-refractivity contribution < 1.29 is 4.79 Å². The van der Waals surface area contributed by atoms with Gasteiger partial charge < -0.3 is 10.6 Å². The van der Waals surface area contributed by atoms with E-state index in [1.165, 1.54) is 12.8 Å². The average Bonchev–Trinajstić information content (AvgIpc) is 2.40. The fraction of sp³-hybridized carbons (Fsp3) is 0.857. The summed E-state index contributed by atoms with van der Waals surface area (Å²) >= 11 is 0. The topological polar surface area (TPSA) is 68.2 Å². The third-order valence-corrected chi connectivity index (χ3v) is 3.38. The molecule has 1 saturated heterocycles. The number of piperidine rings is 1. The number of carbonyl (C=O) groups is 1. The van der Waals surface area contributed by atoms with Crippen LogP contribution in [0.4, 0.5) is 0 Å². The summed E-state index contributed by atoms with van der Waals surface area (Å²) in [5, 5.41) is 14.6. The highest BCUT2D eigenvalue weighted by molar-refractivity contribution is 5.77. The first kappa shape index (κ1) is 15.9. The molecular weight excluding hydrogens is 240 g/mol. The van der Waals surface area contributed by atoms with Crippen LogP contribution in [0, 0.1) is 17.2 Å². The van der Waals surface area contributed by atoms with Crippen LogP contribution in [-0.4, -0.2) is 50.1 Å². The zero-order valence-corrected chi connectivity index (χ0v) is 12.0. The van der Waals surface area contributed by atoms with Crippen molar-refractivity contribution in [3.05, 3.63) is 0 Å². The molecule has 1 aliphatic rings. The van der Waals surface area contributed by atoms with Gasteiger partial charge in [-0.3, -0.25) is 9.69 Å². The van der Waals surface area contributed by atoms with Crippen LogP contribution in [0.25, 0.3) is 0 Å². The third kappa shape index (κ3) is 7.14. The van der Waals surface area contributed by atoms with Gasteiger partial charge in [0.2, 0.25) is 5.91 Å². The van der Waals surface area contributed by atoms with Crippen molar-refractivity contribution in [3.63, 3.8) is 0 Å². The van der Waals surface area contributed by atoms with Gasteiger partial charge in [-0.25, -0.2) is 0 Å². The van der Waals surface area contributed by atoms with Gasteiger partial charge in [0, 0.05) is 13.1 Å². The van der Waals surface area contributed by atoms with Gasteiger partial charge in [-0.05, 0) is 44.8 Å². The van der Waals surface area contributed by atoms with E-state index in [4.69, 9.17) is 5.26 Å². The molecule has 5 heteroatoms. The van der Waals surface area contributed by atoms with Crippen LogP contribution in [0.1, 0.15) is 32.6 Å². The Bertz CT molecular complexity index is 294. The molecule has 1 heterocycles. The lowest BCUT2D eigenvalue weighted by atomic mass is 9.99. The quantitative estimate of drug-likeness (QED) is 0.636. The molecule has 0 aromatic carbocycles. The summed E-state index contributed by atoms with van der Waals surface area (Å²) in [4.78, 5) is 14.0. The molecule has 5 nitrogen and oxygen atoms in total. The molecule has 0 radical (unpaired) electrons. The van der Waals surface area contributed by atoms with Crippen molar-refractivity contribution in [2.24, 2.45) is 5.92 Å². The summed E-state index contributed by atoms with van der Waals surface area (Å²) in [6.45, 7) is 7.19. The Morgan fingerprint density at radius 1 is 1.58 bits per heavy atom. The highest BCUT2D eigenvalue weighted by Crippen LogP contribution is 2.11. The van der Waals surface area contributed by atoms with Crippen LogP contribution in [0.3, 0.4) is 0 Å². The van der Waals surface area contributed by atoms with E-state index in [2.05, 4.69) is 22.5 Å². The fourth-order valence-electron chi connectivity index (χ4n) is 2.51.